The van der Waals surface area contributed by atoms with Gasteiger partial charge in [-0.25, -0.2) is 14.0 Å². The number of hydrogen-bond acceptors (Lipinski definition) is 6. The second-order valence-corrected chi connectivity index (χ2v) is 10.9. The van der Waals surface area contributed by atoms with Crippen molar-refractivity contribution < 1.29 is 8.42 Å². The van der Waals surface area contributed by atoms with E-state index in [1.54, 1.807) is 16.7 Å². The van der Waals surface area contributed by atoms with Gasteiger partial charge in [-0.2, -0.15) is 27.4 Å². The first-order valence-electron chi connectivity index (χ1n) is 10.2. The predicted octanol–water partition coefficient (Wildman–Crippen LogP) is 2.00. The van der Waals surface area contributed by atoms with Gasteiger partial charge in [0.2, 0.25) is 0 Å². The average molecular weight is 473 g/mol. The molecule has 0 bridgehead atoms. The van der Waals surface area contributed by atoms with Crippen LogP contribution in [-0.2, 0) is 16.8 Å². The summed E-state index contributed by atoms with van der Waals surface area (Å²) in [7, 11) is -0.417. The number of rotatable bonds is 6. The van der Waals surface area contributed by atoms with E-state index in [9.17, 15) is 18.5 Å². The fourth-order valence-electron chi connectivity index (χ4n) is 3.90. The van der Waals surface area contributed by atoms with Gasteiger partial charge in [0.05, 0.1) is 18.2 Å². The van der Waals surface area contributed by atoms with Crippen molar-refractivity contribution in [2.75, 3.05) is 27.2 Å². The van der Waals surface area contributed by atoms with Gasteiger partial charge in [0, 0.05) is 33.1 Å². The topological polar surface area (TPSA) is 104 Å². The van der Waals surface area contributed by atoms with Crippen molar-refractivity contribution >= 4 is 21.5 Å². The molecule has 0 spiro atoms. The van der Waals surface area contributed by atoms with Gasteiger partial charge in [0.15, 0.2) is 0 Å². The summed E-state index contributed by atoms with van der Waals surface area (Å²) in [4.78, 5) is 13.3. The van der Waals surface area contributed by atoms with E-state index in [2.05, 4.69) is 11.2 Å². The molecule has 32 heavy (non-hydrogen) atoms. The third-order valence-corrected chi connectivity index (χ3v) is 8.45. The van der Waals surface area contributed by atoms with Gasteiger partial charge in [-0.3, -0.25) is 0 Å². The Hall–Kier alpha value is -2.78. The molecule has 1 fully saturated rings. The van der Waals surface area contributed by atoms with Crippen LogP contribution in [0.2, 0.25) is 0 Å². The van der Waals surface area contributed by atoms with Gasteiger partial charge >= 0.3 is 5.69 Å². The largest absolute Gasteiger partial charge is 0.351 e. The summed E-state index contributed by atoms with van der Waals surface area (Å²) in [5.41, 5.74) is 0.971. The lowest BCUT2D eigenvalue weighted by Crippen LogP contribution is -2.44. The van der Waals surface area contributed by atoms with Gasteiger partial charge < -0.3 is 0 Å². The Labute approximate surface area is 190 Å². The molecule has 2 aromatic heterocycles. The molecular formula is C21H24N6O3S2. The summed E-state index contributed by atoms with van der Waals surface area (Å²) >= 11 is 1.45. The number of nitrogens with zero attached hydrogens (tertiary/aromatic N) is 6. The Morgan fingerprint density at radius 3 is 2.53 bits per heavy atom. The fourth-order valence-corrected chi connectivity index (χ4v) is 5.77. The van der Waals surface area contributed by atoms with Crippen LogP contribution in [0.3, 0.4) is 0 Å². The first-order chi connectivity index (χ1) is 15.3. The van der Waals surface area contributed by atoms with Crippen molar-refractivity contribution in [3.63, 3.8) is 0 Å². The van der Waals surface area contributed by atoms with Gasteiger partial charge in [-0.05, 0) is 42.0 Å². The predicted molar refractivity (Wildman–Crippen MR) is 122 cm³/mol. The molecule has 0 radical (unpaired) electrons. The van der Waals surface area contributed by atoms with Crippen LogP contribution in [0.1, 0.15) is 35.7 Å². The highest BCUT2D eigenvalue weighted by Gasteiger charge is 2.33. The Kier molecular flexibility index (Phi) is 6.30. The number of benzene rings is 1. The number of hydrogen-bond donors (Lipinski definition) is 0. The molecule has 1 aliphatic rings. The minimum atomic E-state index is -3.47. The lowest BCUT2D eigenvalue weighted by molar-refractivity contribution is 0.295. The van der Waals surface area contributed by atoms with E-state index in [0.717, 1.165) is 10.6 Å². The second-order valence-electron chi connectivity index (χ2n) is 7.82. The van der Waals surface area contributed by atoms with Gasteiger partial charge in [-0.15, -0.1) is 11.3 Å². The zero-order valence-electron chi connectivity index (χ0n) is 17.9. The molecule has 9 nitrogen and oxygen atoms in total. The standard InChI is InChI=1S/C21H24N6O3S2/c1-24(2)32(29,30)25-11-9-16(10-12-25)20-23-26(15-18-7-4-3-6-17(18)14-22)21(28)27(20)19-8-5-13-31-19/h3-8,13,16H,9-12,15H2,1-2H3. The summed E-state index contributed by atoms with van der Waals surface area (Å²) in [6.07, 6.45) is 1.15. The van der Waals surface area contributed by atoms with Crippen LogP contribution in [0.5, 0.6) is 0 Å². The van der Waals surface area contributed by atoms with Gasteiger partial charge in [0.1, 0.15) is 10.8 Å². The quantitative estimate of drug-likeness (QED) is 0.546. The molecule has 0 saturated carbocycles. The Morgan fingerprint density at radius 1 is 1.19 bits per heavy atom. The van der Waals surface area contributed by atoms with E-state index in [1.807, 2.05) is 29.6 Å². The van der Waals surface area contributed by atoms with Crippen molar-refractivity contribution in [1.29, 1.82) is 5.26 Å². The number of aromatic nitrogens is 3. The number of nitriles is 1. The maximum Gasteiger partial charge on any atom is 0.351 e. The van der Waals surface area contributed by atoms with E-state index < -0.39 is 10.2 Å². The van der Waals surface area contributed by atoms with Crippen LogP contribution in [-0.4, -0.2) is 58.6 Å². The van der Waals surface area contributed by atoms with E-state index >= 15 is 0 Å². The van der Waals surface area contributed by atoms with Crippen LogP contribution in [0.25, 0.3) is 5.00 Å². The zero-order chi connectivity index (χ0) is 22.9. The van der Waals surface area contributed by atoms with E-state index in [4.69, 9.17) is 0 Å². The van der Waals surface area contributed by atoms with Crippen LogP contribution in [0.15, 0.2) is 46.6 Å². The Balaban J connectivity index is 1.68. The molecule has 168 valence electrons. The smallest absolute Gasteiger partial charge is 0.246 e. The molecule has 4 rings (SSSR count). The SMILES string of the molecule is CN(C)S(=O)(=O)N1CCC(c2nn(Cc3ccccc3C#N)c(=O)n2-c2cccs2)CC1. The van der Waals surface area contributed by atoms with Crippen LogP contribution >= 0.6 is 11.3 Å². The van der Waals surface area contributed by atoms with E-state index in [-0.39, 0.29) is 18.2 Å². The third kappa shape index (κ3) is 4.14. The van der Waals surface area contributed by atoms with Gasteiger partial charge in [-0.1, -0.05) is 18.2 Å². The lowest BCUT2D eigenvalue weighted by Gasteiger charge is -2.32. The van der Waals surface area contributed by atoms with Crippen molar-refractivity contribution in [1.82, 2.24) is 23.0 Å². The van der Waals surface area contributed by atoms with Crippen LogP contribution < -0.4 is 5.69 Å². The minimum Gasteiger partial charge on any atom is -0.246 e. The molecule has 3 heterocycles. The normalized spacial score (nSPS) is 15.8. The summed E-state index contributed by atoms with van der Waals surface area (Å²) in [6.45, 7) is 0.934. The molecule has 0 amide bonds. The number of thiophene rings is 1. The highest BCUT2D eigenvalue weighted by atomic mass is 32.2. The van der Waals surface area contributed by atoms with Crippen molar-refractivity contribution in [2.24, 2.45) is 0 Å². The second kappa shape index (κ2) is 8.99. The monoisotopic (exact) mass is 472 g/mol. The molecule has 0 aliphatic carbocycles. The van der Waals surface area contributed by atoms with Gasteiger partial charge in [0.25, 0.3) is 10.2 Å². The molecular weight excluding hydrogens is 448 g/mol. The fraction of sp³-hybridized carbons (Fsp3) is 0.381. The first-order valence-corrected chi connectivity index (χ1v) is 12.5. The summed E-state index contributed by atoms with van der Waals surface area (Å²) < 4.78 is 30.6. The highest BCUT2D eigenvalue weighted by Crippen LogP contribution is 2.30. The number of piperidine rings is 1. The maximum absolute atomic E-state index is 13.3. The zero-order valence-corrected chi connectivity index (χ0v) is 19.5. The molecule has 3 aromatic rings. The molecule has 1 saturated heterocycles. The molecule has 1 aromatic carbocycles. The minimum absolute atomic E-state index is 0.0501. The summed E-state index contributed by atoms with van der Waals surface area (Å²) in [6, 6.07) is 13.1. The maximum atomic E-state index is 13.3. The molecule has 0 unspecified atom stereocenters. The third-order valence-electron chi connectivity index (χ3n) is 5.66. The molecule has 1 aliphatic heterocycles. The highest BCUT2D eigenvalue weighted by molar-refractivity contribution is 7.86. The van der Waals surface area contributed by atoms with Crippen LogP contribution in [0.4, 0.5) is 0 Å². The first kappa shape index (κ1) is 22.4. The molecule has 11 heteroatoms. The van der Waals surface area contributed by atoms with Crippen molar-refractivity contribution in [3.05, 3.63) is 69.2 Å². The van der Waals surface area contributed by atoms with Crippen LogP contribution in [0, 0.1) is 11.3 Å². The van der Waals surface area contributed by atoms with E-state index in [0.29, 0.717) is 37.3 Å². The van der Waals surface area contributed by atoms with E-state index in [1.165, 1.54) is 38.7 Å². The Morgan fingerprint density at radius 2 is 1.91 bits per heavy atom. The van der Waals surface area contributed by atoms with Crippen molar-refractivity contribution in [2.45, 2.75) is 25.3 Å². The molecule has 0 N–H and O–H groups in total. The Bertz CT molecular complexity index is 1290. The lowest BCUT2D eigenvalue weighted by atomic mass is 9.97. The summed E-state index contributed by atoms with van der Waals surface area (Å²) in [5, 5.41) is 16.7. The van der Waals surface area contributed by atoms with Crippen molar-refractivity contribution in [3.8, 4) is 11.1 Å². The summed E-state index contributed by atoms with van der Waals surface area (Å²) in [5.74, 6) is 0.583. The molecule has 0 atom stereocenters. The average Bonchev–Trinajstić information content (AvgIpc) is 3.42.